The highest BCUT2D eigenvalue weighted by molar-refractivity contribution is 5.84. The Morgan fingerprint density at radius 3 is 2.82 bits per heavy atom. The van der Waals surface area contributed by atoms with Crippen molar-refractivity contribution in [1.82, 2.24) is 30.0 Å². The number of pyridine rings is 1. The van der Waals surface area contributed by atoms with Crippen molar-refractivity contribution in [2.24, 2.45) is 0 Å². The van der Waals surface area contributed by atoms with Crippen LogP contribution in [0, 0.1) is 12.7 Å². The van der Waals surface area contributed by atoms with Gasteiger partial charge in [-0.2, -0.15) is 5.10 Å². The van der Waals surface area contributed by atoms with E-state index in [2.05, 4.69) is 25.5 Å². The number of nitrogen functional groups attached to an aromatic ring is 1. The smallest absolute Gasteiger partial charge is 0.184 e. The summed E-state index contributed by atoms with van der Waals surface area (Å²) in [7, 11) is 0. The van der Waals surface area contributed by atoms with Crippen LogP contribution in [0.3, 0.4) is 0 Å². The molecule has 8 nitrogen and oxygen atoms in total. The molecule has 0 bridgehead atoms. The van der Waals surface area contributed by atoms with Crippen molar-refractivity contribution < 1.29 is 9.18 Å². The van der Waals surface area contributed by atoms with Gasteiger partial charge in [0, 0.05) is 12.6 Å². The maximum absolute atomic E-state index is 13.8. The number of nitrogens with two attached hydrogens (primary N) is 1. The number of halogens is 1. The van der Waals surface area contributed by atoms with Gasteiger partial charge in [0.1, 0.15) is 17.1 Å². The molecule has 0 unspecified atom stereocenters. The third kappa shape index (κ3) is 3.41. The molecule has 0 aliphatic carbocycles. The summed E-state index contributed by atoms with van der Waals surface area (Å²) in [5.41, 5.74) is 8.77. The van der Waals surface area contributed by atoms with Crippen molar-refractivity contribution in [3.63, 3.8) is 0 Å². The summed E-state index contributed by atoms with van der Waals surface area (Å²) in [6, 6.07) is 8.27. The Bertz CT molecular complexity index is 1170. The lowest BCUT2D eigenvalue weighted by Crippen LogP contribution is -2.10. The summed E-state index contributed by atoms with van der Waals surface area (Å²) in [6.45, 7) is 1.85. The van der Waals surface area contributed by atoms with E-state index in [1.165, 1.54) is 16.8 Å². The Morgan fingerprint density at radius 2 is 2.04 bits per heavy atom. The Kier molecular flexibility index (Phi) is 4.48. The Balaban J connectivity index is 1.52. The lowest BCUT2D eigenvalue weighted by atomic mass is 10.0. The second kappa shape index (κ2) is 7.10. The van der Waals surface area contributed by atoms with E-state index in [0.29, 0.717) is 28.2 Å². The van der Waals surface area contributed by atoms with Gasteiger partial charge in [-0.3, -0.25) is 4.79 Å². The molecular weight excluding hydrogens is 361 g/mol. The predicted molar refractivity (Wildman–Crippen MR) is 99.8 cm³/mol. The number of nitrogens with zero attached hydrogens (tertiary/aromatic N) is 6. The Labute approximate surface area is 159 Å². The zero-order valence-electron chi connectivity index (χ0n) is 15.0. The minimum Gasteiger partial charge on any atom is -0.380 e. The summed E-state index contributed by atoms with van der Waals surface area (Å²) in [4.78, 5) is 16.6. The summed E-state index contributed by atoms with van der Waals surface area (Å²) >= 11 is 0. The van der Waals surface area contributed by atoms with Gasteiger partial charge < -0.3 is 5.73 Å². The van der Waals surface area contributed by atoms with E-state index >= 15 is 0 Å². The van der Waals surface area contributed by atoms with Crippen LogP contribution in [0.25, 0.3) is 16.9 Å². The first kappa shape index (κ1) is 17.7. The predicted octanol–water partition coefficient (Wildman–Crippen LogP) is 1.97. The summed E-state index contributed by atoms with van der Waals surface area (Å²) in [5, 5.41) is 15.9. The maximum Gasteiger partial charge on any atom is 0.184 e. The molecule has 2 N–H and O–H groups in total. The number of benzene rings is 1. The molecule has 9 heteroatoms. The lowest BCUT2D eigenvalue weighted by molar-refractivity contribution is -0.117. The molecule has 4 rings (SSSR count). The Morgan fingerprint density at radius 1 is 1.18 bits per heavy atom. The van der Waals surface area contributed by atoms with Crippen LogP contribution in [0.2, 0.25) is 0 Å². The summed E-state index contributed by atoms with van der Waals surface area (Å²) < 4.78 is 15.4. The lowest BCUT2D eigenvalue weighted by Gasteiger charge is -2.05. The molecule has 0 radical (unpaired) electrons. The molecule has 0 amide bonds. The van der Waals surface area contributed by atoms with Gasteiger partial charge in [-0.05, 0) is 30.7 Å². The van der Waals surface area contributed by atoms with Crippen molar-refractivity contribution in [2.45, 2.75) is 19.8 Å². The van der Waals surface area contributed by atoms with Gasteiger partial charge in [0.05, 0.1) is 23.9 Å². The van der Waals surface area contributed by atoms with Crippen molar-refractivity contribution >= 4 is 17.1 Å². The molecule has 0 saturated heterocycles. The van der Waals surface area contributed by atoms with Crippen molar-refractivity contribution in [3.05, 3.63) is 65.4 Å². The second-order valence-electron chi connectivity index (χ2n) is 6.45. The highest BCUT2D eigenvalue weighted by Gasteiger charge is 2.14. The molecule has 0 aliphatic rings. The second-order valence-corrected chi connectivity index (χ2v) is 6.45. The summed E-state index contributed by atoms with van der Waals surface area (Å²) in [6.07, 6.45) is 3.21. The van der Waals surface area contributed by atoms with Crippen LogP contribution in [0.4, 0.5) is 10.2 Å². The number of hydrogen-bond donors (Lipinski definition) is 1. The fraction of sp³-hybridized carbons (Fsp3) is 0.158. The fourth-order valence-corrected chi connectivity index (χ4v) is 2.97. The van der Waals surface area contributed by atoms with Crippen LogP contribution < -0.4 is 5.73 Å². The van der Waals surface area contributed by atoms with E-state index in [-0.39, 0.29) is 24.4 Å². The standard InChI is InChI=1S/C19H16FN7O/c1-11-4-5-16(20)12(7-11)8-14(28)9-13-10-22-19(25-23-13)15-3-2-6-27-17(15)18(21)24-26-27/h2-7,10H,8-9,21H2,1H3. The monoisotopic (exact) mass is 377 g/mol. The number of hydrogen-bond acceptors (Lipinski definition) is 7. The van der Waals surface area contributed by atoms with Gasteiger partial charge in [0.2, 0.25) is 0 Å². The molecule has 0 fully saturated rings. The highest BCUT2D eigenvalue weighted by Crippen LogP contribution is 2.23. The molecule has 0 atom stereocenters. The van der Waals surface area contributed by atoms with Crippen LogP contribution in [0.1, 0.15) is 16.8 Å². The fourth-order valence-electron chi connectivity index (χ4n) is 2.97. The number of fused-ring (bicyclic) bond motifs is 1. The molecule has 0 saturated carbocycles. The maximum atomic E-state index is 13.8. The van der Waals surface area contributed by atoms with E-state index in [1.54, 1.807) is 30.5 Å². The van der Waals surface area contributed by atoms with Crippen LogP contribution in [-0.2, 0) is 17.6 Å². The number of carbonyl (C=O) groups excluding carboxylic acids is 1. The van der Waals surface area contributed by atoms with Gasteiger partial charge in [0.15, 0.2) is 11.6 Å². The SMILES string of the molecule is Cc1ccc(F)c(CC(=O)Cc2cnc(-c3cccn4nnc(N)c34)nn2)c1. The van der Waals surface area contributed by atoms with Gasteiger partial charge in [-0.25, -0.2) is 13.9 Å². The van der Waals surface area contributed by atoms with E-state index in [4.69, 9.17) is 5.73 Å². The summed E-state index contributed by atoms with van der Waals surface area (Å²) in [5.74, 6) is 0.0532. The average Bonchev–Trinajstić information content (AvgIpc) is 3.07. The minimum absolute atomic E-state index is 0.00567. The van der Waals surface area contributed by atoms with Crippen molar-refractivity contribution in [3.8, 4) is 11.4 Å². The first-order valence-electron chi connectivity index (χ1n) is 8.56. The van der Waals surface area contributed by atoms with Crippen LogP contribution >= 0.6 is 0 Å². The molecule has 1 aromatic carbocycles. The van der Waals surface area contributed by atoms with Crippen LogP contribution in [-0.4, -0.2) is 35.8 Å². The molecule has 28 heavy (non-hydrogen) atoms. The Hall–Kier alpha value is -3.75. The highest BCUT2D eigenvalue weighted by atomic mass is 19.1. The molecule has 3 heterocycles. The number of carbonyl (C=O) groups is 1. The van der Waals surface area contributed by atoms with Crippen LogP contribution in [0.15, 0.2) is 42.7 Å². The average molecular weight is 377 g/mol. The zero-order chi connectivity index (χ0) is 19.7. The number of ketones is 1. The number of aryl methyl sites for hydroxylation is 1. The van der Waals surface area contributed by atoms with Crippen molar-refractivity contribution in [1.29, 1.82) is 0 Å². The topological polar surface area (TPSA) is 112 Å². The molecule has 0 aliphatic heterocycles. The van der Waals surface area contributed by atoms with E-state index in [9.17, 15) is 9.18 Å². The molecule has 0 spiro atoms. The number of aromatic nitrogens is 6. The van der Waals surface area contributed by atoms with Gasteiger partial charge in [-0.1, -0.05) is 22.9 Å². The van der Waals surface area contributed by atoms with Gasteiger partial charge >= 0.3 is 0 Å². The molecule has 140 valence electrons. The van der Waals surface area contributed by atoms with Gasteiger partial charge in [0.25, 0.3) is 0 Å². The minimum atomic E-state index is -0.390. The zero-order valence-corrected chi connectivity index (χ0v) is 15.0. The third-order valence-corrected chi connectivity index (χ3v) is 4.28. The van der Waals surface area contributed by atoms with Gasteiger partial charge in [-0.15, -0.1) is 10.2 Å². The molecule has 4 aromatic rings. The first-order chi connectivity index (χ1) is 13.5. The first-order valence-corrected chi connectivity index (χ1v) is 8.56. The largest absolute Gasteiger partial charge is 0.380 e. The van der Waals surface area contributed by atoms with E-state index < -0.39 is 5.82 Å². The third-order valence-electron chi connectivity index (χ3n) is 4.28. The number of rotatable bonds is 5. The van der Waals surface area contributed by atoms with Crippen molar-refractivity contribution in [2.75, 3.05) is 5.73 Å². The normalized spacial score (nSPS) is 11.1. The van der Waals surface area contributed by atoms with Crippen LogP contribution in [0.5, 0.6) is 0 Å². The van der Waals surface area contributed by atoms with E-state index in [0.717, 1.165) is 5.56 Å². The molecule has 3 aromatic heterocycles. The van der Waals surface area contributed by atoms with E-state index in [1.807, 2.05) is 6.92 Å². The number of anilines is 1. The molecular formula is C19H16FN7O. The quantitative estimate of drug-likeness (QED) is 0.566. The number of Topliss-reactive ketones (excluding diaryl/α,β-unsaturated/α-hetero) is 1.